The van der Waals surface area contributed by atoms with Gasteiger partial charge in [0, 0.05) is 35.6 Å². The lowest BCUT2D eigenvalue weighted by atomic mass is 9.87. The molecule has 42 heavy (non-hydrogen) atoms. The Morgan fingerprint density at radius 2 is 1.79 bits per heavy atom. The van der Waals surface area contributed by atoms with Crippen LogP contribution in [-0.4, -0.2) is 50.0 Å². The van der Waals surface area contributed by atoms with Crippen molar-refractivity contribution in [3.05, 3.63) is 48.0 Å². The number of amides is 1. The summed E-state index contributed by atoms with van der Waals surface area (Å²) in [4.78, 5) is 48.7. The average molecular weight is 574 g/mol. The number of Topliss-reactive ketones (excluding diaryl/α,β-unsaturated/α-hetero) is 1. The van der Waals surface area contributed by atoms with Crippen molar-refractivity contribution >= 4 is 45.7 Å². The molecule has 1 N–H and O–H groups in total. The summed E-state index contributed by atoms with van der Waals surface area (Å²) in [5, 5.41) is 12.4. The van der Waals surface area contributed by atoms with Crippen molar-refractivity contribution in [3.63, 3.8) is 0 Å². The number of hydrogen-bond donors (Lipinski definition) is 1. The second kappa shape index (κ2) is 13.2. The first-order chi connectivity index (χ1) is 20.4. The molecule has 1 aliphatic rings. The Morgan fingerprint density at radius 1 is 1.02 bits per heavy atom. The fourth-order valence-electron chi connectivity index (χ4n) is 6.09. The molecular weight excluding hydrogens is 537 g/mol. The molecule has 220 valence electrons. The van der Waals surface area contributed by atoms with E-state index in [1.807, 2.05) is 0 Å². The number of aryl methyl sites for hydroxylation is 1. The maximum Gasteiger partial charge on any atom is 0.247 e. The number of benzene rings is 2. The number of nitrogens with zero attached hydrogens (tertiary/aromatic N) is 4. The molecule has 10 heteroatoms. The molecular formula is C32H36FN5O4. The molecule has 4 aromatic rings. The number of aldehydes is 1. The SMILES string of the molecule is Cc1nn(CC(=O)NCC=O)c2cccc(-c3cc4c(cnn4C(=O)CCC(=O)CC4CCCCCCC4)cc3F)c12. The van der Waals surface area contributed by atoms with E-state index in [2.05, 4.69) is 15.5 Å². The van der Waals surface area contributed by atoms with Crippen LogP contribution >= 0.6 is 0 Å². The minimum atomic E-state index is -0.479. The molecule has 9 nitrogen and oxygen atoms in total. The van der Waals surface area contributed by atoms with Crippen molar-refractivity contribution in [2.45, 2.75) is 77.7 Å². The van der Waals surface area contributed by atoms with E-state index >= 15 is 4.39 Å². The van der Waals surface area contributed by atoms with Gasteiger partial charge in [-0.3, -0.25) is 19.1 Å². The van der Waals surface area contributed by atoms with Crippen LogP contribution in [0.1, 0.15) is 74.7 Å². The van der Waals surface area contributed by atoms with Crippen molar-refractivity contribution in [2.24, 2.45) is 5.92 Å². The monoisotopic (exact) mass is 573 g/mol. The van der Waals surface area contributed by atoms with Crippen molar-refractivity contribution in [3.8, 4) is 11.1 Å². The van der Waals surface area contributed by atoms with E-state index in [4.69, 9.17) is 0 Å². The summed E-state index contributed by atoms with van der Waals surface area (Å²) in [6.07, 6.45) is 11.0. The van der Waals surface area contributed by atoms with Gasteiger partial charge >= 0.3 is 0 Å². The van der Waals surface area contributed by atoms with E-state index in [1.165, 1.54) is 53.7 Å². The normalized spacial score (nSPS) is 14.5. The summed E-state index contributed by atoms with van der Waals surface area (Å²) in [6.45, 7) is 1.60. The first kappa shape index (κ1) is 29.3. The van der Waals surface area contributed by atoms with Gasteiger partial charge in [0.15, 0.2) is 0 Å². The van der Waals surface area contributed by atoms with Gasteiger partial charge < -0.3 is 10.1 Å². The highest BCUT2D eigenvalue weighted by atomic mass is 19.1. The van der Waals surface area contributed by atoms with Gasteiger partial charge in [-0.05, 0) is 36.6 Å². The third-order valence-electron chi connectivity index (χ3n) is 8.17. The van der Waals surface area contributed by atoms with Gasteiger partial charge in [0.2, 0.25) is 11.8 Å². The van der Waals surface area contributed by atoms with E-state index in [1.54, 1.807) is 31.2 Å². The van der Waals surface area contributed by atoms with E-state index < -0.39 is 5.82 Å². The Labute approximate surface area is 243 Å². The summed E-state index contributed by atoms with van der Waals surface area (Å²) < 4.78 is 18.3. The lowest BCUT2D eigenvalue weighted by molar-refractivity contribution is -0.123. The molecule has 5 rings (SSSR count). The number of nitrogens with one attached hydrogen (secondary N) is 1. The van der Waals surface area contributed by atoms with Crippen LogP contribution in [0.2, 0.25) is 0 Å². The molecule has 0 bridgehead atoms. The molecule has 1 aliphatic carbocycles. The first-order valence-electron chi connectivity index (χ1n) is 14.7. The van der Waals surface area contributed by atoms with E-state index in [-0.39, 0.29) is 49.1 Å². The second-order valence-electron chi connectivity index (χ2n) is 11.2. The lowest BCUT2D eigenvalue weighted by Crippen LogP contribution is -2.29. The summed E-state index contributed by atoms with van der Waals surface area (Å²) in [6, 6.07) is 8.28. The molecule has 1 amide bonds. The highest BCUT2D eigenvalue weighted by molar-refractivity contribution is 6.01. The molecule has 2 aromatic carbocycles. The lowest BCUT2D eigenvalue weighted by Gasteiger charge is -2.18. The van der Waals surface area contributed by atoms with Crippen LogP contribution in [0.3, 0.4) is 0 Å². The van der Waals surface area contributed by atoms with Crippen molar-refractivity contribution in [2.75, 3.05) is 6.54 Å². The first-order valence-corrected chi connectivity index (χ1v) is 14.7. The molecule has 1 saturated carbocycles. The molecule has 1 fully saturated rings. The van der Waals surface area contributed by atoms with Gasteiger partial charge in [0.05, 0.1) is 29.5 Å². The Hall–Kier alpha value is -4.21. The summed E-state index contributed by atoms with van der Waals surface area (Å²) in [7, 11) is 0. The number of hydrogen-bond acceptors (Lipinski definition) is 6. The minimum absolute atomic E-state index is 0.0443. The maximum atomic E-state index is 15.5. The Kier molecular flexibility index (Phi) is 9.19. The predicted molar refractivity (Wildman–Crippen MR) is 158 cm³/mol. The molecule has 2 aromatic heterocycles. The molecule has 0 unspecified atom stereocenters. The number of carbonyl (C=O) groups excluding carboxylic acids is 4. The Bertz CT molecular complexity index is 1630. The zero-order valence-electron chi connectivity index (χ0n) is 23.9. The standard InChI is InChI=1S/C32H36FN5O4/c1-21-32-25(10-7-11-28(32)37(36-21)20-30(41)34-14-15-39)26-18-29-23(17-27(26)33)19-35-38(29)31(42)13-12-24(40)16-22-8-5-3-2-4-6-9-22/h7,10-11,15,17-19,22H,2-6,8-9,12-14,16,20H2,1H3,(H,34,41). The van der Waals surface area contributed by atoms with Crippen LogP contribution < -0.4 is 5.32 Å². The molecule has 0 saturated heterocycles. The highest BCUT2D eigenvalue weighted by Crippen LogP contribution is 2.35. The third-order valence-corrected chi connectivity index (χ3v) is 8.17. The Morgan fingerprint density at radius 3 is 2.55 bits per heavy atom. The van der Waals surface area contributed by atoms with Crippen molar-refractivity contribution in [1.82, 2.24) is 24.9 Å². The largest absolute Gasteiger partial charge is 0.348 e. The zero-order chi connectivity index (χ0) is 29.6. The highest BCUT2D eigenvalue weighted by Gasteiger charge is 2.21. The van der Waals surface area contributed by atoms with Gasteiger partial charge in [-0.15, -0.1) is 0 Å². The van der Waals surface area contributed by atoms with Gasteiger partial charge in [0.1, 0.15) is 24.4 Å². The van der Waals surface area contributed by atoms with Crippen LogP contribution in [0.25, 0.3) is 32.9 Å². The van der Waals surface area contributed by atoms with Gasteiger partial charge in [-0.1, -0.05) is 57.1 Å². The van der Waals surface area contributed by atoms with E-state index in [0.29, 0.717) is 51.7 Å². The number of ketones is 1. The Balaban J connectivity index is 1.37. The molecule has 2 heterocycles. The van der Waals surface area contributed by atoms with Gasteiger partial charge in [0.25, 0.3) is 0 Å². The summed E-state index contributed by atoms with van der Waals surface area (Å²) >= 11 is 0. The third kappa shape index (κ3) is 6.48. The van der Waals surface area contributed by atoms with Crippen LogP contribution in [0, 0.1) is 18.7 Å². The van der Waals surface area contributed by atoms with E-state index in [9.17, 15) is 19.2 Å². The van der Waals surface area contributed by atoms with Crippen molar-refractivity contribution < 1.29 is 23.6 Å². The number of fused-ring (bicyclic) bond motifs is 2. The second-order valence-corrected chi connectivity index (χ2v) is 11.2. The van der Waals surface area contributed by atoms with Crippen LogP contribution in [0.4, 0.5) is 4.39 Å². The molecule has 0 atom stereocenters. The van der Waals surface area contributed by atoms with Crippen molar-refractivity contribution in [1.29, 1.82) is 0 Å². The quantitative estimate of drug-likeness (QED) is 0.249. The number of halogens is 1. The van der Waals surface area contributed by atoms with Gasteiger partial charge in [-0.2, -0.15) is 10.2 Å². The summed E-state index contributed by atoms with van der Waals surface area (Å²) in [5.41, 5.74) is 2.54. The fraction of sp³-hybridized carbons (Fsp3) is 0.438. The molecule has 0 radical (unpaired) electrons. The average Bonchev–Trinajstić information content (AvgIpc) is 3.51. The van der Waals surface area contributed by atoms with Gasteiger partial charge in [-0.25, -0.2) is 9.07 Å². The molecule has 0 spiro atoms. The fourth-order valence-corrected chi connectivity index (χ4v) is 6.09. The van der Waals surface area contributed by atoms with Crippen LogP contribution in [0.15, 0.2) is 36.5 Å². The van der Waals surface area contributed by atoms with Crippen LogP contribution in [-0.2, 0) is 20.9 Å². The summed E-state index contributed by atoms with van der Waals surface area (Å²) in [5.74, 6) is -0.638. The number of carbonyl (C=O) groups is 4. The zero-order valence-corrected chi connectivity index (χ0v) is 23.9. The maximum absolute atomic E-state index is 15.5. The van der Waals surface area contributed by atoms with E-state index in [0.717, 1.165) is 12.8 Å². The minimum Gasteiger partial charge on any atom is -0.348 e. The molecule has 0 aliphatic heterocycles. The number of rotatable bonds is 10. The van der Waals surface area contributed by atoms with Crippen LogP contribution in [0.5, 0.6) is 0 Å². The number of aromatic nitrogens is 4. The topological polar surface area (TPSA) is 116 Å². The smallest absolute Gasteiger partial charge is 0.247 e. The predicted octanol–water partition coefficient (Wildman–Crippen LogP) is 5.56.